The number of β-amino-alcohol motifs (C(OH)–C–C–N with tert-alkyl or cyclic N) is 1. The summed E-state index contributed by atoms with van der Waals surface area (Å²) in [5.41, 5.74) is -0.984. The average molecular weight is 394 g/mol. The van der Waals surface area contributed by atoms with Crippen molar-refractivity contribution < 1.29 is 19.0 Å². The molecule has 2 heterocycles. The van der Waals surface area contributed by atoms with Crippen LogP contribution in [0.4, 0.5) is 4.39 Å². The smallest absolute Gasteiger partial charge is 0.256 e. The molecular formula is C21H32FN3O3. The number of likely N-dealkylation sites (tertiary alicyclic amines) is 2. The Hall–Kier alpha value is -1.70. The fourth-order valence-electron chi connectivity index (χ4n) is 4.33. The fraction of sp³-hybridized carbons (Fsp3) is 0.667. The van der Waals surface area contributed by atoms with Gasteiger partial charge < -0.3 is 19.6 Å². The molecule has 1 unspecified atom stereocenters. The Bertz CT molecular complexity index is 691. The highest BCUT2D eigenvalue weighted by atomic mass is 19.1. The lowest BCUT2D eigenvalue weighted by Gasteiger charge is -2.43. The van der Waals surface area contributed by atoms with Crippen LogP contribution in [0.1, 0.15) is 31.2 Å². The Labute approximate surface area is 166 Å². The monoisotopic (exact) mass is 393 g/mol. The summed E-state index contributed by atoms with van der Waals surface area (Å²) in [5.74, 6) is -0.107. The Kier molecular flexibility index (Phi) is 6.58. The standard InChI is InChI=1S/C21H32FN3O3/c1-23(2)17-7-11-24(12-8-17)15-21(27)9-4-10-25(20(21)26)14-16-13-18(28-3)5-6-19(16)22/h5-6,13,17,27H,4,7-12,14-15H2,1-3H3. The van der Waals surface area contributed by atoms with E-state index in [-0.39, 0.29) is 18.3 Å². The highest BCUT2D eigenvalue weighted by molar-refractivity contribution is 5.86. The molecule has 1 aromatic carbocycles. The number of halogens is 1. The Morgan fingerprint density at radius 1 is 1.29 bits per heavy atom. The van der Waals surface area contributed by atoms with Crippen LogP contribution in [-0.4, -0.2) is 84.7 Å². The highest BCUT2D eigenvalue weighted by Crippen LogP contribution is 2.28. The zero-order valence-corrected chi connectivity index (χ0v) is 17.2. The van der Waals surface area contributed by atoms with Gasteiger partial charge in [-0.25, -0.2) is 4.39 Å². The first-order chi connectivity index (χ1) is 13.3. The van der Waals surface area contributed by atoms with E-state index in [2.05, 4.69) is 23.9 Å². The van der Waals surface area contributed by atoms with Crippen molar-refractivity contribution in [2.24, 2.45) is 0 Å². The molecule has 2 aliphatic heterocycles. The molecule has 3 rings (SSSR count). The molecule has 1 N–H and O–H groups in total. The molecule has 0 bridgehead atoms. The van der Waals surface area contributed by atoms with E-state index < -0.39 is 5.60 Å². The largest absolute Gasteiger partial charge is 0.497 e. The number of amides is 1. The van der Waals surface area contributed by atoms with Gasteiger partial charge in [-0.2, -0.15) is 0 Å². The molecule has 2 fully saturated rings. The maximum absolute atomic E-state index is 14.2. The number of aliphatic hydroxyl groups is 1. The number of ether oxygens (including phenoxy) is 1. The molecular weight excluding hydrogens is 361 g/mol. The first-order valence-electron chi connectivity index (χ1n) is 10.1. The van der Waals surface area contributed by atoms with Crippen molar-refractivity contribution in [1.82, 2.24) is 14.7 Å². The van der Waals surface area contributed by atoms with Crippen molar-refractivity contribution >= 4 is 5.91 Å². The number of carbonyl (C=O) groups excluding carboxylic acids is 1. The Balaban J connectivity index is 1.65. The van der Waals surface area contributed by atoms with Crippen molar-refractivity contribution in [3.63, 3.8) is 0 Å². The number of rotatable bonds is 6. The molecule has 0 spiro atoms. The number of carbonyl (C=O) groups is 1. The van der Waals surface area contributed by atoms with E-state index in [9.17, 15) is 14.3 Å². The van der Waals surface area contributed by atoms with Crippen molar-refractivity contribution in [3.8, 4) is 5.75 Å². The Morgan fingerprint density at radius 3 is 2.64 bits per heavy atom. The van der Waals surface area contributed by atoms with E-state index in [0.29, 0.717) is 43.3 Å². The first-order valence-corrected chi connectivity index (χ1v) is 10.1. The highest BCUT2D eigenvalue weighted by Gasteiger charge is 2.43. The third kappa shape index (κ3) is 4.64. The summed E-state index contributed by atoms with van der Waals surface area (Å²) in [6, 6.07) is 5.08. The van der Waals surface area contributed by atoms with Gasteiger partial charge in [0.1, 0.15) is 11.6 Å². The molecule has 1 atom stereocenters. The summed E-state index contributed by atoms with van der Waals surface area (Å²) in [5, 5.41) is 11.1. The van der Waals surface area contributed by atoms with Crippen LogP contribution < -0.4 is 4.74 Å². The molecule has 1 aromatic rings. The van der Waals surface area contributed by atoms with Gasteiger partial charge in [0.25, 0.3) is 5.91 Å². The van der Waals surface area contributed by atoms with Gasteiger partial charge in [-0.05, 0) is 71.1 Å². The summed E-state index contributed by atoms with van der Waals surface area (Å²) in [7, 11) is 5.71. The molecule has 156 valence electrons. The van der Waals surface area contributed by atoms with E-state index >= 15 is 0 Å². The predicted octanol–water partition coefficient (Wildman–Crippen LogP) is 1.71. The van der Waals surface area contributed by atoms with Crippen LogP contribution in [0.3, 0.4) is 0 Å². The zero-order valence-electron chi connectivity index (χ0n) is 17.2. The molecule has 0 aromatic heterocycles. The first kappa shape index (κ1) is 21.0. The van der Waals surface area contributed by atoms with Crippen molar-refractivity contribution in [2.45, 2.75) is 43.9 Å². The predicted molar refractivity (Wildman–Crippen MR) is 106 cm³/mol. The van der Waals surface area contributed by atoms with Crippen LogP contribution >= 0.6 is 0 Å². The lowest BCUT2D eigenvalue weighted by molar-refractivity contribution is -0.160. The van der Waals surface area contributed by atoms with Crippen LogP contribution in [0, 0.1) is 5.82 Å². The number of piperidine rings is 2. The van der Waals surface area contributed by atoms with Crippen LogP contribution in [0.5, 0.6) is 5.75 Å². The van der Waals surface area contributed by atoms with Gasteiger partial charge in [-0.15, -0.1) is 0 Å². The van der Waals surface area contributed by atoms with E-state index in [1.54, 1.807) is 17.0 Å². The maximum Gasteiger partial charge on any atom is 0.256 e. The van der Waals surface area contributed by atoms with E-state index in [0.717, 1.165) is 25.9 Å². The van der Waals surface area contributed by atoms with Crippen molar-refractivity contribution in [2.75, 3.05) is 47.4 Å². The molecule has 28 heavy (non-hydrogen) atoms. The van der Waals surface area contributed by atoms with Gasteiger partial charge in [0.05, 0.1) is 7.11 Å². The molecule has 2 saturated heterocycles. The van der Waals surface area contributed by atoms with Crippen molar-refractivity contribution in [3.05, 3.63) is 29.6 Å². The van der Waals surface area contributed by atoms with Crippen LogP contribution in [0.25, 0.3) is 0 Å². The van der Waals surface area contributed by atoms with Crippen LogP contribution in [0.15, 0.2) is 18.2 Å². The normalized spacial score (nSPS) is 24.8. The zero-order chi connectivity index (χ0) is 20.3. The summed E-state index contributed by atoms with van der Waals surface area (Å²) in [6.45, 7) is 2.78. The second-order valence-corrected chi connectivity index (χ2v) is 8.29. The van der Waals surface area contributed by atoms with Crippen LogP contribution in [-0.2, 0) is 11.3 Å². The lowest BCUT2D eigenvalue weighted by atomic mass is 9.89. The van der Waals surface area contributed by atoms with Gasteiger partial charge >= 0.3 is 0 Å². The SMILES string of the molecule is COc1ccc(F)c(CN2CCCC(O)(CN3CCC(N(C)C)CC3)C2=O)c1. The van der Waals surface area contributed by atoms with E-state index in [1.165, 1.54) is 13.2 Å². The second-order valence-electron chi connectivity index (χ2n) is 8.29. The second kappa shape index (κ2) is 8.76. The van der Waals surface area contributed by atoms with Crippen LogP contribution in [0.2, 0.25) is 0 Å². The van der Waals surface area contributed by atoms with E-state index in [4.69, 9.17) is 4.74 Å². The molecule has 0 aliphatic carbocycles. The van der Waals surface area contributed by atoms with Gasteiger partial charge in [0, 0.05) is 31.2 Å². The Morgan fingerprint density at radius 2 is 2.00 bits per heavy atom. The van der Waals surface area contributed by atoms with E-state index in [1.807, 2.05) is 0 Å². The lowest BCUT2D eigenvalue weighted by Crippen LogP contribution is -2.59. The number of nitrogens with zero attached hydrogens (tertiary/aromatic N) is 3. The fourth-order valence-corrected chi connectivity index (χ4v) is 4.33. The minimum Gasteiger partial charge on any atom is -0.497 e. The third-order valence-corrected chi connectivity index (χ3v) is 6.09. The van der Waals surface area contributed by atoms with Crippen molar-refractivity contribution in [1.29, 1.82) is 0 Å². The molecule has 0 saturated carbocycles. The number of methoxy groups -OCH3 is 1. The van der Waals surface area contributed by atoms with Gasteiger partial charge in [-0.3, -0.25) is 9.69 Å². The summed E-state index contributed by atoms with van der Waals surface area (Å²) >= 11 is 0. The number of benzene rings is 1. The van der Waals surface area contributed by atoms with Gasteiger partial charge in [0.15, 0.2) is 5.60 Å². The average Bonchev–Trinajstić information content (AvgIpc) is 2.67. The third-order valence-electron chi connectivity index (χ3n) is 6.09. The minimum atomic E-state index is -1.39. The van der Waals surface area contributed by atoms with Gasteiger partial charge in [-0.1, -0.05) is 0 Å². The summed E-state index contributed by atoms with van der Waals surface area (Å²) in [6.07, 6.45) is 3.24. The quantitative estimate of drug-likeness (QED) is 0.798. The summed E-state index contributed by atoms with van der Waals surface area (Å²) in [4.78, 5) is 19.1. The molecule has 2 aliphatic rings. The molecule has 1 amide bonds. The topological polar surface area (TPSA) is 56.3 Å². The van der Waals surface area contributed by atoms with Gasteiger partial charge in [0.2, 0.25) is 0 Å². The molecule has 6 nitrogen and oxygen atoms in total. The molecule has 0 radical (unpaired) electrons. The summed E-state index contributed by atoms with van der Waals surface area (Å²) < 4.78 is 19.4. The number of hydrogen-bond donors (Lipinski definition) is 1. The minimum absolute atomic E-state index is 0.146. The maximum atomic E-state index is 14.2. The number of hydrogen-bond acceptors (Lipinski definition) is 5. The molecule has 7 heteroatoms.